The molecule has 4 amide bonds. The number of nitro groups is 1. The number of non-ortho nitro benzene ring substituents is 1. The lowest BCUT2D eigenvalue weighted by atomic mass is 9.56. The van der Waals surface area contributed by atoms with Gasteiger partial charge in [0.25, 0.3) is 17.5 Å². The molecular weight excluding hydrogens is 693 g/mol. The van der Waals surface area contributed by atoms with Crippen LogP contribution in [0.15, 0.2) is 48.0 Å². The number of nitrogens with zero attached hydrogens (tertiary/aromatic N) is 3. The van der Waals surface area contributed by atoms with E-state index >= 15 is 0 Å². The summed E-state index contributed by atoms with van der Waals surface area (Å²) in [4.78, 5) is 63.7. The molecule has 0 aromatic heterocycles. The predicted molar refractivity (Wildman–Crippen MR) is 159 cm³/mol. The number of imide groups is 2. The van der Waals surface area contributed by atoms with Crippen molar-refractivity contribution in [3.63, 3.8) is 0 Å². The quantitative estimate of drug-likeness (QED) is 0.115. The van der Waals surface area contributed by atoms with Crippen LogP contribution in [-0.2, 0) is 19.2 Å². The van der Waals surface area contributed by atoms with E-state index in [0.29, 0.717) is 11.1 Å². The zero-order chi connectivity index (χ0) is 31.2. The number of phenols is 1. The van der Waals surface area contributed by atoms with Gasteiger partial charge in [0.15, 0.2) is 21.2 Å². The zero-order valence-corrected chi connectivity index (χ0v) is 26.0. The molecule has 1 saturated carbocycles. The number of methoxy groups -OCH3 is 1. The Morgan fingerprint density at radius 3 is 2.37 bits per heavy atom. The summed E-state index contributed by atoms with van der Waals surface area (Å²) in [7, 11) is 1.32. The van der Waals surface area contributed by atoms with Gasteiger partial charge in [0, 0.05) is 18.1 Å². The standard InChI is InChI=1S/C28H21BrCl3N3O8/c1-43-19-9-12(8-18(30)22(19)36)21-15-6-7-16-20(17(15)10-27(31)25(39)33(11-29)26(40)28(21,27)32)24(38)34(23(16)37)13-2-4-14(5-3-13)35(41)42/h2-6,8-9,16-17,20-21,36H,7,10-11H2,1H3/t16-,17+,20-,21-,27+,28-/m0/s1. The minimum Gasteiger partial charge on any atom is -0.503 e. The van der Waals surface area contributed by atoms with Crippen LogP contribution in [-0.4, -0.2) is 60.9 Å². The first-order valence-electron chi connectivity index (χ1n) is 13.0. The van der Waals surface area contributed by atoms with Gasteiger partial charge >= 0.3 is 0 Å². The van der Waals surface area contributed by atoms with Crippen molar-refractivity contribution in [2.75, 3.05) is 17.5 Å². The van der Waals surface area contributed by atoms with Crippen LogP contribution in [0.3, 0.4) is 0 Å². The number of amides is 4. The summed E-state index contributed by atoms with van der Waals surface area (Å²) >= 11 is 23.9. The van der Waals surface area contributed by atoms with Crippen LogP contribution in [0.2, 0.25) is 5.02 Å². The maximum Gasteiger partial charge on any atom is 0.269 e. The summed E-state index contributed by atoms with van der Waals surface area (Å²) in [6.07, 6.45) is 1.66. The number of ether oxygens (including phenoxy) is 1. The van der Waals surface area contributed by atoms with E-state index in [0.717, 1.165) is 9.80 Å². The minimum atomic E-state index is -2.05. The average Bonchev–Trinajstić information content (AvgIpc) is 3.32. The first kappa shape index (κ1) is 29.9. The Bertz CT molecular complexity index is 1670. The topological polar surface area (TPSA) is 147 Å². The predicted octanol–water partition coefficient (Wildman–Crippen LogP) is 4.88. The number of phenolic OH excluding ortho intramolecular Hbond substituents is 1. The van der Waals surface area contributed by atoms with Gasteiger partial charge in [0.1, 0.15) is 0 Å². The Morgan fingerprint density at radius 2 is 1.77 bits per heavy atom. The summed E-state index contributed by atoms with van der Waals surface area (Å²) in [5.74, 6) is -6.57. The molecule has 2 saturated heterocycles. The molecule has 2 aromatic carbocycles. The van der Waals surface area contributed by atoms with Crippen LogP contribution < -0.4 is 9.64 Å². The maximum absolute atomic E-state index is 14.0. The van der Waals surface area contributed by atoms with Crippen LogP contribution in [0.5, 0.6) is 11.5 Å². The number of carbonyl (C=O) groups is 4. The second-order valence-corrected chi connectivity index (χ2v) is 13.0. The van der Waals surface area contributed by atoms with E-state index in [-0.39, 0.29) is 46.2 Å². The minimum absolute atomic E-state index is 0.00932. The molecule has 2 aliphatic heterocycles. The molecule has 0 radical (unpaired) electrons. The first-order chi connectivity index (χ1) is 20.3. The molecule has 2 aromatic rings. The number of fused-ring (bicyclic) bond motifs is 4. The fraction of sp³-hybridized carbons (Fsp3) is 0.357. The number of carbonyl (C=O) groups excluding carboxylic acids is 4. The van der Waals surface area contributed by atoms with Crippen LogP contribution in [0.4, 0.5) is 11.4 Å². The molecule has 6 rings (SSSR count). The number of benzene rings is 2. The van der Waals surface area contributed by atoms with E-state index in [4.69, 9.17) is 39.5 Å². The molecule has 15 heteroatoms. The van der Waals surface area contributed by atoms with E-state index in [9.17, 15) is 34.4 Å². The second-order valence-electron chi connectivity index (χ2n) is 10.8. The Kier molecular flexibility index (Phi) is 7.07. The number of rotatable bonds is 5. The van der Waals surface area contributed by atoms with Gasteiger partial charge in [-0.3, -0.25) is 39.1 Å². The van der Waals surface area contributed by atoms with Crippen molar-refractivity contribution in [2.45, 2.75) is 28.5 Å². The lowest BCUT2D eigenvalue weighted by Gasteiger charge is -2.50. The highest BCUT2D eigenvalue weighted by Crippen LogP contribution is 2.66. The number of hydrogen-bond acceptors (Lipinski definition) is 8. The fourth-order valence-electron chi connectivity index (χ4n) is 7.02. The molecule has 4 aliphatic rings. The Labute approximate surface area is 267 Å². The second kappa shape index (κ2) is 10.2. The van der Waals surface area contributed by atoms with Gasteiger partial charge in [-0.25, -0.2) is 0 Å². The van der Waals surface area contributed by atoms with Gasteiger partial charge in [-0.2, -0.15) is 0 Å². The normalized spacial score (nSPS) is 31.5. The number of nitro benzene ring substituents is 1. The molecule has 224 valence electrons. The van der Waals surface area contributed by atoms with Crippen molar-refractivity contribution < 1.29 is 33.9 Å². The largest absolute Gasteiger partial charge is 0.503 e. The van der Waals surface area contributed by atoms with E-state index in [1.165, 1.54) is 43.5 Å². The zero-order valence-electron chi connectivity index (χ0n) is 22.1. The molecule has 6 atom stereocenters. The van der Waals surface area contributed by atoms with Gasteiger partial charge in [0.2, 0.25) is 11.8 Å². The number of allylic oxidation sites excluding steroid dienone is 2. The monoisotopic (exact) mass is 711 g/mol. The summed E-state index contributed by atoms with van der Waals surface area (Å²) in [5.41, 5.74) is 0.631. The van der Waals surface area contributed by atoms with Crippen LogP contribution in [0.25, 0.3) is 0 Å². The van der Waals surface area contributed by atoms with Crippen LogP contribution >= 0.6 is 50.7 Å². The van der Waals surface area contributed by atoms with E-state index < -0.39 is 62.0 Å². The highest BCUT2D eigenvalue weighted by atomic mass is 79.9. The van der Waals surface area contributed by atoms with Gasteiger partial charge < -0.3 is 9.84 Å². The highest BCUT2D eigenvalue weighted by molar-refractivity contribution is 9.09. The van der Waals surface area contributed by atoms with Gasteiger partial charge in [0.05, 0.1) is 40.0 Å². The smallest absolute Gasteiger partial charge is 0.269 e. The van der Waals surface area contributed by atoms with E-state index in [2.05, 4.69) is 15.9 Å². The summed E-state index contributed by atoms with van der Waals surface area (Å²) in [6, 6.07) is 7.91. The Morgan fingerprint density at radius 1 is 1.09 bits per heavy atom. The molecule has 11 nitrogen and oxygen atoms in total. The van der Waals surface area contributed by atoms with Gasteiger partial charge in [-0.05, 0) is 48.6 Å². The Hall–Kier alpha value is -3.19. The first-order valence-corrected chi connectivity index (χ1v) is 15.3. The summed E-state index contributed by atoms with van der Waals surface area (Å²) in [5, 5.41) is 21.4. The summed E-state index contributed by atoms with van der Waals surface area (Å²) < 4.78 is 5.29. The molecule has 3 fully saturated rings. The van der Waals surface area contributed by atoms with Crippen molar-refractivity contribution in [1.29, 1.82) is 0 Å². The highest BCUT2D eigenvalue weighted by Gasteiger charge is 2.76. The molecule has 2 heterocycles. The number of likely N-dealkylation sites (tertiary alicyclic amines) is 1. The van der Waals surface area contributed by atoms with E-state index in [1.54, 1.807) is 6.08 Å². The van der Waals surface area contributed by atoms with Crippen LogP contribution in [0.1, 0.15) is 24.3 Å². The van der Waals surface area contributed by atoms with E-state index in [1.807, 2.05) is 0 Å². The third kappa shape index (κ3) is 3.92. The summed E-state index contributed by atoms with van der Waals surface area (Å²) in [6.45, 7) is 0. The molecule has 0 bridgehead atoms. The number of anilines is 1. The number of aromatic hydroxyl groups is 1. The van der Waals surface area contributed by atoms with Crippen molar-refractivity contribution in [3.8, 4) is 11.5 Å². The third-order valence-electron chi connectivity index (χ3n) is 8.94. The molecule has 1 N–H and O–H groups in total. The maximum atomic E-state index is 14.0. The lowest BCUT2D eigenvalue weighted by molar-refractivity contribution is -0.384. The number of halogens is 4. The van der Waals surface area contributed by atoms with Crippen molar-refractivity contribution >= 4 is 85.7 Å². The van der Waals surface area contributed by atoms with Gasteiger partial charge in [-0.1, -0.05) is 39.2 Å². The average molecular weight is 714 g/mol. The number of hydrogen-bond donors (Lipinski definition) is 1. The molecular formula is C28H21BrCl3N3O8. The Balaban J connectivity index is 1.51. The molecule has 0 unspecified atom stereocenters. The SMILES string of the molecule is COc1cc([C@H]2C3=CC[C@@H]4C(=O)N(c5ccc([N+](=O)[O-])cc5)C(=O)[C@@H]4[C@@H]3C[C@@]3(Cl)C(=O)N(CBr)C(=O)[C@@]23Cl)cc(Cl)c1O. The van der Waals surface area contributed by atoms with Crippen molar-refractivity contribution in [1.82, 2.24) is 4.90 Å². The lowest BCUT2D eigenvalue weighted by Crippen LogP contribution is -2.60. The molecule has 0 spiro atoms. The number of alkyl halides is 3. The molecule has 2 aliphatic carbocycles. The van der Waals surface area contributed by atoms with Crippen LogP contribution in [0, 0.1) is 27.9 Å². The van der Waals surface area contributed by atoms with Crippen molar-refractivity contribution in [3.05, 3.63) is 68.7 Å². The van der Waals surface area contributed by atoms with Gasteiger partial charge in [-0.15, -0.1) is 23.2 Å². The van der Waals surface area contributed by atoms with Crippen molar-refractivity contribution in [2.24, 2.45) is 17.8 Å². The molecule has 43 heavy (non-hydrogen) atoms. The third-order valence-corrected chi connectivity index (χ3v) is 11.1. The fourth-order valence-corrected chi connectivity index (χ4v) is 8.67.